The van der Waals surface area contributed by atoms with Gasteiger partial charge in [0.05, 0.1) is 17.0 Å². The van der Waals surface area contributed by atoms with Gasteiger partial charge < -0.3 is 16.2 Å². The molecule has 0 heterocycles. The topological polar surface area (TPSA) is 99.1 Å². The Labute approximate surface area is 104 Å². The van der Waals surface area contributed by atoms with Gasteiger partial charge in [-0.15, -0.1) is 0 Å². The summed E-state index contributed by atoms with van der Waals surface area (Å²) >= 11 is 5.85. The number of hydrogen-bond acceptors (Lipinski definition) is 4. The fourth-order valence-electron chi connectivity index (χ4n) is 1.34. The molecule has 0 spiro atoms. The van der Waals surface area contributed by atoms with Gasteiger partial charge >= 0.3 is 5.97 Å². The third-order valence-corrected chi connectivity index (χ3v) is 2.48. The predicted molar refractivity (Wildman–Crippen MR) is 64.9 cm³/mol. The van der Waals surface area contributed by atoms with Gasteiger partial charge in [0, 0.05) is 18.3 Å². The van der Waals surface area contributed by atoms with E-state index in [1.54, 1.807) is 18.2 Å². The Balaban J connectivity index is 2.77. The first-order valence-corrected chi connectivity index (χ1v) is 5.32. The van der Waals surface area contributed by atoms with Gasteiger partial charge in [0.2, 0.25) is 0 Å². The van der Waals surface area contributed by atoms with Crippen LogP contribution in [0.5, 0.6) is 0 Å². The van der Waals surface area contributed by atoms with Gasteiger partial charge in [-0.25, -0.2) is 0 Å². The van der Waals surface area contributed by atoms with E-state index >= 15 is 0 Å². The maximum Gasteiger partial charge on any atom is 0.305 e. The van der Waals surface area contributed by atoms with Crippen molar-refractivity contribution in [3.05, 3.63) is 28.8 Å². The van der Waals surface area contributed by atoms with Crippen molar-refractivity contribution in [2.45, 2.75) is 12.5 Å². The van der Waals surface area contributed by atoms with Crippen LogP contribution in [0.3, 0.4) is 0 Å². The van der Waals surface area contributed by atoms with Gasteiger partial charge in [-0.05, 0) is 18.2 Å². The highest BCUT2D eigenvalue weighted by atomic mass is 35.5. The first-order chi connectivity index (χ1) is 8.06. The van der Waals surface area contributed by atoms with Crippen molar-refractivity contribution in [1.29, 1.82) is 5.26 Å². The van der Waals surface area contributed by atoms with E-state index in [1.165, 1.54) is 0 Å². The molecule has 5 nitrogen and oxygen atoms in total. The zero-order valence-corrected chi connectivity index (χ0v) is 9.74. The second kappa shape index (κ2) is 6.09. The molecule has 0 saturated carbocycles. The number of halogens is 1. The molecule has 0 fully saturated rings. The Morgan fingerprint density at radius 3 is 2.82 bits per heavy atom. The fraction of sp³-hybridized carbons (Fsp3) is 0.273. The molecule has 0 saturated heterocycles. The maximum atomic E-state index is 10.6. The summed E-state index contributed by atoms with van der Waals surface area (Å²) in [6.45, 7) is 0.198. The molecule has 6 heteroatoms. The number of carboxylic acid groups (broad SMARTS) is 1. The highest BCUT2D eigenvalue weighted by molar-refractivity contribution is 6.32. The summed E-state index contributed by atoms with van der Waals surface area (Å²) < 4.78 is 0. The predicted octanol–water partition coefficient (Wildman–Crippen LogP) is 1.43. The number of nitrogens with two attached hydrogens (primary N) is 1. The normalized spacial score (nSPS) is 11.6. The third-order valence-electron chi connectivity index (χ3n) is 2.17. The number of nitriles is 1. The molecule has 1 rings (SSSR count). The lowest BCUT2D eigenvalue weighted by Gasteiger charge is -2.16. The number of carbonyl (C=O) groups is 1. The van der Waals surface area contributed by atoms with E-state index in [0.717, 1.165) is 0 Å². The number of carboxylic acids is 1. The summed E-state index contributed by atoms with van der Waals surface area (Å²) in [6, 6.07) is 6.38. The number of anilines is 1. The molecule has 4 N–H and O–H groups in total. The highest BCUT2D eigenvalue weighted by Crippen LogP contribution is 2.20. The van der Waals surface area contributed by atoms with Crippen LogP contribution < -0.4 is 11.1 Å². The van der Waals surface area contributed by atoms with E-state index < -0.39 is 5.97 Å². The summed E-state index contributed by atoms with van der Waals surface area (Å²) in [5.41, 5.74) is 6.47. The van der Waals surface area contributed by atoms with E-state index in [1.807, 2.05) is 6.07 Å². The van der Waals surface area contributed by atoms with E-state index in [4.69, 9.17) is 27.7 Å². The average molecular weight is 254 g/mol. The van der Waals surface area contributed by atoms with E-state index in [-0.39, 0.29) is 19.0 Å². The summed E-state index contributed by atoms with van der Waals surface area (Å²) in [6.07, 6.45) is -0.0753. The Hall–Kier alpha value is -1.77. The molecule has 0 radical (unpaired) electrons. The van der Waals surface area contributed by atoms with Crippen LogP contribution in [0.25, 0.3) is 0 Å². The molecular formula is C11H12ClN3O2. The van der Waals surface area contributed by atoms with E-state index in [0.29, 0.717) is 16.3 Å². The molecular weight excluding hydrogens is 242 g/mol. The first kappa shape index (κ1) is 13.3. The largest absolute Gasteiger partial charge is 0.481 e. The SMILES string of the molecule is N#Cc1ccc(N[C@H](CN)CC(=O)O)cc1Cl. The molecule has 1 aromatic carbocycles. The third kappa shape index (κ3) is 3.94. The lowest BCUT2D eigenvalue weighted by Crippen LogP contribution is -2.31. The van der Waals surface area contributed by atoms with Crippen molar-refractivity contribution in [2.75, 3.05) is 11.9 Å². The van der Waals surface area contributed by atoms with E-state index in [2.05, 4.69) is 5.32 Å². The quantitative estimate of drug-likeness (QED) is 0.737. The second-order valence-electron chi connectivity index (χ2n) is 3.48. The minimum Gasteiger partial charge on any atom is -0.481 e. The molecule has 0 aliphatic heterocycles. The van der Waals surface area contributed by atoms with Crippen molar-refractivity contribution >= 4 is 23.3 Å². The van der Waals surface area contributed by atoms with Crippen molar-refractivity contribution in [3.8, 4) is 6.07 Å². The molecule has 0 aromatic heterocycles. The molecule has 17 heavy (non-hydrogen) atoms. The minimum atomic E-state index is -0.923. The smallest absolute Gasteiger partial charge is 0.305 e. The lowest BCUT2D eigenvalue weighted by atomic mass is 10.1. The van der Waals surface area contributed by atoms with E-state index in [9.17, 15) is 4.79 Å². The number of benzene rings is 1. The Morgan fingerprint density at radius 2 is 2.35 bits per heavy atom. The molecule has 0 unspecified atom stereocenters. The molecule has 0 bridgehead atoms. The minimum absolute atomic E-state index is 0.0753. The zero-order chi connectivity index (χ0) is 12.8. The summed E-state index contributed by atoms with van der Waals surface area (Å²) in [7, 11) is 0. The van der Waals surface area contributed by atoms with Gasteiger partial charge in [0.25, 0.3) is 0 Å². The van der Waals surface area contributed by atoms with Crippen molar-refractivity contribution < 1.29 is 9.90 Å². The molecule has 1 atom stereocenters. The van der Waals surface area contributed by atoms with Crippen LogP contribution in [0, 0.1) is 11.3 Å². The van der Waals surface area contributed by atoms with Gasteiger partial charge in [0.15, 0.2) is 0 Å². The van der Waals surface area contributed by atoms with Gasteiger partial charge in [-0.3, -0.25) is 4.79 Å². The maximum absolute atomic E-state index is 10.6. The summed E-state index contributed by atoms with van der Waals surface area (Å²) in [4.78, 5) is 10.6. The first-order valence-electron chi connectivity index (χ1n) is 4.95. The Bertz CT molecular complexity index is 457. The van der Waals surface area contributed by atoms with Gasteiger partial charge in [-0.2, -0.15) is 5.26 Å². The Kier molecular flexibility index (Phi) is 4.76. The molecule has 90 valence electrons. The van der Waals surface area contributed by atoms with Crippen molar-refractivity contribution in [3.63, 3.8) is 0 Å². The summed E-state index contributed by atoms with van der Waals surface area (Å²) in [5.74, 6) is -0.923. The van der Waals surface area contributed by atoms with Crippen LogP contribution in [-0.2, 0) is 4.79 Å². The summed E-state index contributed by atoms with van der Waals surface area (Å²) in [5, 5.41) is 20.6. The number of aliphatic carboxylic acids is 1. The molecule has 1 aromatic rings. The fourth-order valence-corrected chi connectivity index (χ4v) is 1.56. The van der Waals surface area contributed by atoms with Crippen molar-refractivity contribution in [2.24, 2.45) is 5.73 Å². The number of nitrogens with one attached hydrogen (secondary N) is 1. The zero-order valence-electron chi connectivity index (χ0n) is 8.98. The molecule has 0 amide bonds. The van der Waals surface area contributed by atoms with Crippen LogP contribution in [0.2, 0.25) is 5.02 Å². The van der Waals surface area contributed by atoms with Gasteiger partial charge in [-0.1, -0.05) is 11.6 Å². The van der Waals surface area contributed by atoms with Crippen LogP contribution in [0.4, 0.5) is 5.69 Å². The number of rotatable bonds is 5. The molecule has 0 aliphatic carbocycles. The molecule has 0 aliphatic rings. The lowest BCUT2D eigenvalue weighted by molar-refractivity contribution is -0.137. The van der Waals surface area contributed by atoms with Gasteiger partial charge in [0.1, 0.15) is 6.07 Å². The standard InChI is InChI=1S/C11H12ClN3O2/c12-10-3-8(2-1-7(10)5-13)15-9(6-14)4-11(16)17/h1-3,9,15H,4,6,14H2,(H,16,17)/t9-/m0/s1. The number of hydrogen-bond donors (Lipinski definition) is 3. The van der Waals surface area contributed by atoms with Crippen LogP contribution in [0.15, 0.2) is 18.2 Å². The van der Waals surface area contributed by atoms with Crippen LogP contribution in [0.1, 0.15) is 12.0 Å². The van der Waals surface area contributed by atoms with Crippen LogP contribution >= 0.6 is 11.6 Å². The van der Waals surface area contributed by atoms with Crippen molar-refractivity contribution in [1.82, 2.24) is 0 Å². The van der Waals surface area contributed by atoms with Crippen LogP contribution in [-0.4, -0.2) is 23.7 Å². The monoisotopic (exact) mass is 253 g/mol. The highest BCUT2D eigenvalue weighted by Gasteiger charge is 2.11. The Morgan fingerprint density at radius 1 is 1.65 bits per heavy atom. The second-order valence-corrected chi connectivity index (χ2v) is 3.89. The average Bonchev–Trinajstić information content (AvgIpc) is 2.27. The number of nitrogens with zero attached hydrogens (tertiary/aromatic N) is 1.